The van der Waals surface area contributed by atoms with Crippen LogP contribution in [0.4, 0.5) is 5.82 Å². The number of aliphatic hydroxyl groups is 1. The molecule has 2 aromatic rings. The van der Waals surface area contributed by atoms with E-state index in [4.69, 9.17) is 4.98 Å². The van der Waals surface area contributed by atoms with E-state index in [0.29, 0.717) is 5.41 Å². The molecule has 3 nitrogen and oxygen atoms in total. The van der Waals surface area contributed by atoms with Gasteiger partial charge in [0.2, 0.25) is 0 Å². The van der Waals surface area contributed by atoms with Gasteiger partial charge in [-0.1, -0.05) is 18.2 Å². The summed E-state index contributed by atoms with van der Waals surface area (Å²) < 4.78 is 0. The second-order valence-electron chi connectivity index (χ2n) is 6.35. The Bertz CT molecular complexity index is 648. The highest BCUT2D eigenvalue weighted by Crippen LogP contribution is 2.52. The topological polar surface area (TPSA) is 36.4 Å². The van der Waals surface area contributed by atoms with Gasteiger partial charge >= 0.3 is 0 Å². The smallest absolute Gasteiger partial charge is 0.134 e. The largest absolute Gasteiger partial charge is 0.392 e. The molecular weight excluding hydrogens is 248 g/mol. The second kappa shape index (κ2) is 4.45. The van der Waals surface area contributed by atoms with E-state index in [1.165, 1.54) is 25.7 Å². The van der Waals surface area contributed by atoms with Gasteiger partial charge in [0, 0.05) is 24.0 Å². The van der Waals surface area contributed by atoms with Gasteiger partial charge in [0.05, 0.1) is 12.1 Å². The molecule has 1 aliphatic heterocycles. The number of piperidine rings is 1. The van der Waals surface area contributed by atoms with Gasteiger partial charge < -0.3 is 10.0 Å². The number of pyridine rings is 1. The van der Waals surface area contributed by atoms with E-state index in [1.807, 2.05) is 12.1 Å². The summed E-state index contributed by atoms with van der Waals surface area (Å²) in [6.45, 7) is 2.25. The van der Waals surface area contributed by atoms with Crippen molar-refractivity contribution in [3.05, 3.63) is 35.9 Å². The molecule has 104 valence electrons. The van der Waals surface area contributed by atoms with E-state index in [-0.39, 0.29) is 6.61 Å². The van der Waals surface area contributed by atoms with Crippen molar-refractivity contribution in [1.29, 1.82) is 0 Å². The summed E-state index contributed by atoms with van der Waals surface area (Å²) >= 11 is 0. The Hall–Kier alpha value is -1.61. The van der Waals surface area contributed by atoms with E-state index < -0.39 is 0 Å². The first-order valence-electron chi connectivity index (χ1n) is 7.54. The Morgan fingerprint density at radius 1 is 1.20 bits per heavy atom. The highest BCUT2D eigenvalue weighted by atomic mass is 16.3. The summed E-state index contributed by atoms with van der Waals surface area (Å²) in [4.78, 5) is 7.23. The maximum absolute atomic E-state index is 9.69. The summed E-state index contributed by atoms with van der Waals surface area (Å²) in [5, 5.41) is 10.8. The predicted molar refractivity (Wildman–Crippen MR) is 80.8 cm³/mol. The van der Waals surface area contributed by atoms with E-state index in [2.05, 4.69) is 23.1 Å². The Morgan fingerprint density at radius 2 is 2.05 bits per heavy atom. The lowest BCUT2D eigenvalue weighted by molar-refractivity contribution is 0.281. The van der Waals surface area contributed by atoms with Gasteiger partial charge in [-0.25, -0.2) is 4.98 Å². The van der Waals surface area contributed by atoms with Crippen LogP contribution in [-0.4, -0.2) is 23.2 Å². The Morgan fingerprint density at radius 3 is 2.85 bits per heavy atom. The van der Waals surface area contributed by atoms with Crippen molar-refractivity contribution in [2.24, 2.45) is 5.41 Å². The molecule has 0 radical (unpaired) electrons. The van der Waals surface area contributed by atoms with Crippen molar-refractivity contribution in [2.45, 2.75) is 32.3 Å². The molecule has 4 rings (SSSR count). The molecule has 0 atom stereocenters. The van der Waals surface area contributed by atoms with Crippen molar-refractivity contribution in [3.63, 3.8) is 0 Å². The van der Waals surface area contributed by atoms with Crippen LogP contribution in [0.25, 0.3) is 10.9 Å². The lowest BCUT2D eigenvalue weighted by atomic mass is 9.94. The first-order chi connectivity index (χ1) is 9.80. The van der Waals surface area contributed by atoms with Crippen molar-refractivity contribution >= 4 is 16.7 Å². The van der Waals surface area contributed by atoms with Crippen molar-refractivity contribution in [1.82, 2.24) is 4.98 Å². The molecule has 1 N–H and O–H groups in total. The SMILES string of the molecule is OCc1cc2ccccc2nc1N1CCCC2(CC2)C1. The highest BCUT2D eigenvalue weighted by Gasteiger charge is 2.45. The molecule has 2 heterocycles. The van der Waals surface area contributed by atoms with Crippen LogP contribution in [0, 0.1) is 5.41 Å². The molecule has 1 saturated carbocycles. The summed E-state index contributed by atoms with van der Waals surface area (Å²) in [7, 11) is 0. The van der Waals surface area contributed by atoms with E-state index in [9.17, 15) is 5.11 Å². The van der Waals surface area contributed by atoms with E-state index in [1.54, 1.807) is 0 Å². The molecule has 1 saturated heterocycles. The molecule has 1 spiro atoms. The summed E-state index contributed by atoms with van der Waals surface area (Å²) in [6.07, 6.45) is 5.35. The first kappa shape index (κ1) is 12.2. The van der Waals surface area contributed by atoms with Crippen LogP contribution < -0.4 is 4.90 Å². The number of hydrogen-bond donors (Lipinski definition) is 1. The molecule has 0 unspecified atom stereocenters. The zero-order valence-electron chi connectivity index (χ0n) is 11.7. The number of hydrogen-bond acceptors (Lipinski definition) is 3. The Kier molecular flexibility index (Phi) is 2.71. The average molecular weight is 268 g/mol. The minimum atomic E-state index is 0.0661. The first-order valence-corrected chi connectivity index (χ1v) is 7.54. The zero-order valence-corrected chi connectivity index (χ0v) is 11.7. The van der Waals surface area contributed by atoms with Crippen molar-refractivity contribution in [3.8, 4) is 0 Å². The van der Waals surface area contributed by atoms with E-state index >= 15 is 0 Å². The Balaban J connectivity index is 1.77. The van der Waals surface area contributed by atoms with Gasteiger partial charge in [0.25, 0.3) is 0 Å². The predicted octanol–water partition coefficient (Wildman–Crippen LogP) is 3.11. The summed E-state index contributed by atoms with van der Waals surface area (Å²) in [6, 6.07) is 10.2. The maximum atomic E-state index is 9.69. The third-order valence-corrected chi connectivity index (χ3v) is 4.87. The molecule has 1 aliphatic carbocycles. The molecule has 20 heavy (non-hydrogen) atoms. The van der Waals surface area contributed by atoms with Crippen molar-refractivity contribution < 1.29 is 5.11 Å². The van der Waals surface area contributed by atoms with Crippen LogP contribution in [0.1, 0.15) is 31.2 Å². The van der Waals surface area contributed by atoms with Crippen LogP contribution in [0.3, 0.4) is 0 Å². The minimum absolute atomic E-state index is 0.0661. The van der Waals surface area contributed by atoms with Crippen LogP contribution in [0.2, 0.25) is 0 Å². The van der Waals surface area contributed by atoms with Gasteiger partial charge in [0.15, 0.2) is 0 Å². The number of aliphatic hydroxyl groups excluding tert-OH is 1. The third kappa shape index (κ3) is 1.97. The quantitative estimate of drug-likeness (QED) is 0.909. The molecule has 2 fully saturated rings. The lowest BCUT2D eigenvalue weighted by Gasteiger charge is -2.35. The number of rotatable bonds is 2. The lowest BCUT2D eigenvalue weighted by Crippen LogP contribution is -2.37. The monoisotopic (exact) mass is 268 g/mol. The average Bonchev–Trinajstić information content (AvgIpc) is 3.24. The minimum Gasteiger partial charge on any atom is -0.392 e. The Labute approximate surface area is 119 Å². The third-order valence-electron chi connectivity index (χ3n) is 4.87. The number of para-hydroxylation sites is 1. The number of fused-ring (bicyclic) bond motifs is 1. The fourth-order valence-electron chi connectivity index (χ4n) is 3.51. The van der Waals surface area contributed by atoms with Crippen LogP contribution in [-0.2, 0) is 6.61 Å². The zero-order chi connectivity index (χ0) is 13.6. The van der Waals surface area contributed by atoms with Gasteiger partial charge in [-0.05, 0) is 43.2 Å². The van der Waals surface area contributed by atoms with Gasteiger partial charge in [-0.15, -0.1) is 0 Å². The number of anilines is 1. The summed E-state index contributed by atoms with van der Waals surface area (Å²) in [5.41, 5.74) is 2.55. The molecular formula is C17H20N2O. The second-order valence-corrected chi connectivity index (χ2v) is 6.35. The summed E-state index contributed by atoms with van der Waals surface area (Å²) in [5.74, 6) is 0.997. The van der Waals surface area contributed by atoms with Gasteiger partial charge in [-0.2, -0.15) is 0 Å². The maximum Gasteiger partial charge on any atom is 0.134 e. The molecule has 0 amide bonds. The molecule has 1 aromatic carbocycles. The van der Waals surface area contributed by atoms with Gasteiger partial charge in [-0.3, -0.25) is 0 Å². The van der Waals surface area contributed by atoms with Gasteiger partial charge in [0.1, 0.15) is 5.82 Å². The van der Waals surface area contributed by atoms with Crippen LogP contribution >= 0.6 is 0 Å². The van der Waals surface area contributed by atoms with Crippen LogP contribution in [0.5, 0.6) is 0 Å². The van der Waals surface area contributed by atoms with Crippen molar-refractivity contribution in [2.75, 3.05) is 18.0 Å². The number of nitrogens with zero attached hydrogens (tertiary/aromatic N) is 2. The molecule has 0 bridgehead atoms. The normalized spacial score (nSPS) is 20.6. The molecule has 3 heteroatoms. The van der Waals surface area contributed by atoms with E-state index in [0.717, 1.165) is 35.4 Å². The number of benzene rings is 1. The fourth-order valence-corrected chi connectivity index (χ4v) is 3.51. The molecule has 2 aliphatic rings. The fraction of sp³-hybridized carbons (Fsp3) is 0.471. The van der Waals surface area contributed by atoms with Crippen LogP contribution in [0.15, 0.2) is 30.3 Å². The highest BCUT2D eigenvalue weighted by molar-refractivity contribution is 5.81. The number of aromatic nitrogens is 1. The molecule has 1 aromatic heterocycles. The standard InChI is InChI=1S/C17H20N2O/c20-11-14-10-13-4-1-2-5-15(13)18-16(14)19-9-3-6-17(12-19)7-8-17/h1-2,4-5,10,20H,3,6-9,11-12H2.